The Morgan fingerprint density at radius 1 is 1.12 bits per heavy atom. The van der Waals surface area contributed by atoms with Gasteiger partial charge < -0.3 is 29.9 Å². The molecular formula is C26H35N5O3. The molecule has 0 bridgehead atoms. The molecule has 2 aromatic rings. The molecule has 1 aromatic heterocycles. The number of likely N-dealkylation sites (tertiary alicyclic amines) is 1. The molecule has 5 rings (SSSR count). The summed E-state index contributed by atoms with van der Waals surface area (Å²) in [6.45, 7) is 10.4. The highest BCUT2D eigenvalue weighted by molar-refractivity contribution is 5.91. The van der Waals surface area contributed by atoms with E-state index in [9.17, 15) is 4.79 Å². The lowest BCUT2D eigenvalue weighted by Crippen LogP contribution is -2.41. The maximum Gasteiger partial charge on any atom is 0.321 e. The van der Waals surface area contributed by atoms with Crippen molar-refractivity contribution in [1.29, 1.82) is 0 Å². The number of anilines is 3. The number of carbonyl (C=O) groups excluding carboxylic acids is 1. The number of hydrogen-bond donors (Lipinski definition) is 2. The summed E-state index contributed by atoms with van der Waals surface area (Å²) in [7, 11) is 0. The van der Waals surface area contributed by atoms with Gasteiger partial charge in [0.2, 0.25) is 0 Å². The summed E-state index contributed by atoms with van der Waals surface area (Å²) >= 11 is 0. The zero-order valence-corrected chi connectivity index (χ0v) is 20.2. The van der Waals surface area contributed by atoms with Crippen LogP contribution in [0.4, 0.5) is 22.1 Å². The molecule has 1 aromatic carbocycles. The summed E-state index contributed by atoms with van der Waals surface area (Å²) < 4.78 is 10.9. The van der Waals surface area contributed by atoms with Gasteiger partial charge in [0, 0.05) is 31.9 Å². The van der Waals surface area contributed by atoms with Crippen LogP contribution < -0.4 is 15.5 Å². The van der Waals surface area contributed by atoms with E-state index in [-0.39, 0.29) is 6.03 Å². The Morgan fingerprint density at radius 2 is 1.94 bits per heavy atom. The number of pyridine rings is 1. The predicted molar refractivity (Wildman–Crippen MR) is 135 cm³/mol. The second-order valence-electron chi connectivity index (χ2n) is 9.55. The molecule has 3 aliphatic heterocycles. The Balaban J connectivity index is 1.41. The highest BCUT2D eigenvalue weighted by Gasteiger charge is 2.25. The van der Waals surface area contributed by atoms with E-state index >= 15 is 0 Å². The van der Waals surface area contributed by atoms with E-state index < -0.39 is 0 Å². The summed E-state index contributed by atoms with van der Waals surface area (Å²) in [5, 5.41) is 6.63. The molecule has 3 fully saturated rings. The van der Waals surface area contributed by atoms with Gasteiger partial charge >= 0.3 is 6.03 Å². The van der Waals surface area contributed by atoms with E-state index in [1.165, 1.54) is 0 Å². The molecule has 3 aliphatic rings. The number of rotatable bonds is 6. The SMILES string of the molecule is CC[C@@H]1CCN(C(=O)Nc2ccc(C)c(-c3cc(NC4COC4)nc(N4CCOCC4)c3)c2)C1. The molecule has 3 saturated heterocycles. The first-order valence-electron chi connectivity index (χ1n) is 12.4. The molecule has 2 N–H and O–H groups in total. The van der Waals surface area contributed by atoms with Gasteiger partial charge in [-0.1, -0.05) is 19.4 Å². The van der Waals surface area contributed by atoms with E-state index in [0.29, 0.717) is 38.4 Å². The maximum absolute atomic E-state index is 12.8. The van der Waals surface area contributed by atoms with Crippen molar-refractivity contribution in [2.45, 2.75) is 32.7 Å². The highest BCUT2D eigenvalue weighted by Crippen LogP contribution is 2.32. The third kappa shape index (κ3) is 5.13. The number of benzene rings is 1. The van der Waals surface area contributed by atoms with E-state index in [1.807, 2.05) is 11.0 Å². The molecule has 182 valence electrons. The second-order valence-corrected chi connectivity index (χ2v) is 9.55. The molecule has 0 saturated carbocycles. The molecule has 8 heteroatoms. The van der Waals surface area contributed by atoms with Gasteiger partial charge in [0.05, 0.1) is 32.5 Å². The molecule has 0 unspecified atom stereocenters. The predicted octanol–water partition coefficient (Wildman–Crippen LogP) is 3.97. The number of ether oxygens (including phenoxy) is 2. The number of nitrogens with zero attached hydrogens (tertiary/aromatic N) is 3. The van der Waals surface area contributed by atoms with E-state index in [4.69, 9.17) is 14.5 Å². The molecule has 0 radical (unpaired) electrons. The molecular weight excluding hydrogens is 430 g/mol. The number of aromatic nitrogens is 1. The smallest absolute Gasteiger partial charge is 0.321 e. The van der Waals surface area contributed by atoms with Crippen LogP contribution in [0.25, 0.3) is 11.1 Å². The summed E-state index contributed by atoms with van der Waals surface area (Å²) in [6.07, 6.45) is 2.21. The van der Waals surface area contributed by atoms with Gasteiger partial charge in [-0.25, -0.2) is 9.78 Å². The van der Waals surface area contributed by atoms with Crippen LogP contribution in [0, 0.1) is 12.8 Å². The fourth-order valence-corrected chi connectivity index (χ4v) is 4.79. The number of carbonyl (C=O) groups is 1. The van der Waals surface area contributed by atoms with Gasteiger partial charge in [0.15, 0.2) is 0 Å². The Morgan fingerprint density at radius 3 is 2.65 bits per heavy atom. The lowest BCUT2D eigenvalue weighted by molar-refractivity contribution is 0.0209. The first-order valence-corrected chi connectivity index (χ1v) is 12.4. The highest BCUT2D eigenvalue weighted by atomic mass is 16.5. The zero-order valence-electron chi connectivity index (χ0n) is 20.2. The summed E-state index contributed by atoms with van der Waals surface area (Å²) in [4.78, 5) is 22.0. The fraction of sp³-hybridized carbons (Fsp3) is 0.538. The molecule has 1 atom stereocenters. The minimum atomic E-state index is -0.0122. The van der Waals surface area contributed by atoms with Crippen LogP contribution in [0.5, 0.6) is 0 Å². The molecule has 0 aliphatic carbocycles. The van der Waals surface area contributed by atoms with Crippen molar-refractivity contribution >= 4 is 23.4 Å². The Bertz CT molecular complexity index is 1020. The third-order valence-electron chi connectivity index (χ3n) is 7.09. The summed E-state index contributed by atoms with van der Waals surface area (Å²) in [6, 6.07) is 10.7. The first kappa shape index (κ1) is 22.9. The monoisotopic (exact) mass is 465 g/mol. The third-order valence-corrected chi connectivity index (χ3v) is 7.09. The van der Waals surface area contributed by atoms with Gasteiger partial charge in [0.25, 0.3) is 0 Å². The zero-order chi connectivity index (χ0) is 23.5. The standard InChI is InChI=1S/C26H35N5O3/c1-3-19-6-7-31(15-19)26(32)28-21-5-4-18(2)23(14-21)20-12-24(27-22-16-34-17-22)29-25(13-20)30-8-10-33-11-9-30/h4-5,12-14,19,22H,3,6-11,15-17H2,1-2H3,(H,27,29)(H,28,32)/t19-/m1/s1. The molecule has 0 spiro atoms. The number of nitrogens with one attached hydrogen (secondary N) is 2. The topological polar surface area (TPSA) is 79.0 Å². The number of amides is 2. The van der Waals surface area contributed by atoms with Crippen molar-refractivity contribution in [3.63, 3.8) is 0 Å². The quantitative estimate of drug-likeness (QED) is 0.672. The van der Waals surface area contributed by atoms with Gasteiger partial charge in [-0.05, 0) is 60.2 Å². The lowest BCUT2D eigenvalue weighted by atomic mass is 10.00. The van der Waals surface area contributed by atoms with Crippen molar-refractivity contribution in [1.82, 2.24) is 9.88 Å². The van der Waals surface area contributed by atoms with Crippen LogP contribution in [0.3, 0.4) is 0 Å². The van der Waals surface area contributed by atoms with Gasteiger partial charge in [0.1, 0.15) is 11.6 Å². The summed E-state index contributed by atoms with van der Waals surface area (Å²) in [5.74, 6) is 2.41. The average molecular weight is 466 g/mol. The second kappa shape index (κ2) is 10.2. The minimum absolute atomic E-state index is 0.0122. The largest absolute Gasteiger partial charge is 0.378 e. The normalized spacial score (nSPS) is 20.8. The molecule has 8 nitrogen and oxygen atoms in total. The molecule has 34 heavy (non-hydrogen) atoms. The Hall–Kier alpha value is -2.84. The van der Waals surface area contributed by atoms with Crippen molar-refractivity contribution < 1.29 is 14.3 Å². The van der Waals surface area contributed by atoms with Crippen LogP contribution in [0.2, 0.25) is 0 Å². The average Bonchev–Trinajstić information content (AvgIpc) is 3.33. The van der Waals surface area contributed by atoms with Crippen molar-refractivity contribution in [2.75, 3.05) is 68.1 Å². The van der Waals surface area contributed by atoms with Crippen LogP contribution in [0.15, 0.2) is 30.3 Å². The van der Waals surface area contributed by atoms with Crippen LogP contribution >= 0.6 is 0 Å². The van der Waals surface area contributed by atoms with Crippen LogP contribution in [-0.4, -0.2) is 74.6 Å². The maximum atomic E-state index is 12.8. The van der Waals surface area contributed by atoms with Crippen molar-refractivity contribution in [3.8, 4) is 11.1 Å². The van der Waals surface area contributed by atoms with Gasteiger partial charge in [-0.3, -0.25) is 0 Å². The van der Waals surface area contributed by atoms with Crippen LogP contribution in [0.1, 0.15) is 25.3 Å². The lowest BCUT2D eigenvalue weighted by Gasteiger charge is -2.30. The van der Waals surface area contributed by atoms with Gasteiger partial charge in [-0.2, -0.15) is 0 Å². The molecule has 4 heterocycles. The Labute approximate surface area is 201 Å². The number of hydrogen-bond acceptors (Lipinski definition) is 6. The van der Waals surface area contributed by atoms with E-state index in [1.54, 1.807) is 0 Å². The van der Waals surface area contributed by atoms with E-state index in [0.717, 1.165) is 73.0 Å². The van der Waals surface area contributed by atoms with Crippen molar-refractivity contribution in [3.05, 3.63) is 35.9 Å². The first-order chi connectivity index (χ1) is 16.6. The fourth-order valence-electron chi connectivity index (χ4n) is 4.79. The van der Waals surface area contributed by atoms with Gasteiger partial charge in [-0.15, -0.1) is 0 Å². The number of aryl methyl sites for hydroxylation is 1. The minimum Gasteiger partial charge on any atom is -0.378 e. The Kier molecular flexibility index (Phi) is 6.87. The number of morpholine rings is 1. The summed E-state index contributed by atoms with van der Waals surface area (Å²) in [5.41, 5.74) is 4.15. The van der Waals surface area contributed by atoms with Crippen molar-refractivity contribution in [2.24, 2.45) is 5.92 Å². The molecule has 2 amide bonds. The van der Waals surface area contributed by atoms with Crippen LogP contribution in [-0.2, 0) is 9.47 Å². The van der Waals surface area contributed by atoms with E-state index in [2.05, 4.69) is 53.6 Å². The number of urea groups is 1.